The van der Waals surface area contributed by atoms with Crippen molar-refractivity contribution in [2.45, 2.75) is 38.8 Å². The number of nitro groups is 1. The minimum Gasteiger partial charge on any atom is -0.423 e. The minimum atomic E-state index is -1.03. The van der Waals surface area contributed by atoms with Crippen LogP contribution in [0.15, 0.2) is 22.6 Å². The summed E-state index contributed by atoms with van der Waals surface area (Å²) in [5, 5.41) is 24.0. The molecule has 0 aliphatic carbocycles. The number of aromatic nitrogens is 1. The molecule has 0 unspecified atom stereocenters. The smallest absolute Gasteiger partial charge is 0.298 e. The summed E-state index contributed by atoms with van der Waals surface area (Å²) in [7, 11) is 0. The van der Waals surface area contributed by atoms with Gasteiger partial charge in [0.15, 0.2) is 11.1 Å². The van der Waals surface area contributed by atoms with Crippen LogP contribution in [0.2, 0.25) is 0 Å². The van der Waals surface area contributed by atoms with Gasteiger partial charge in [-0.25, -0.2) is 0 Å². The van der Waals surface area contributed by atoms with Gasteiger partial charge < -0.3 is 14.8 Å². The van der Waals surface area contributed by atoms with Gasteiger partial charge >= 0.3 is 0 Å². The van der Waals surface area contributed by atoms with Crippen LogP contribution in [-0.2, 0) is 0 Å². The molecule has 0 amide bonds. The first-order valence-corrected chi connectivity index (χ1v) is 6.16. The van der Waals surface area contributed by atoms with Gasteiger partial charge in [0.2, 0.25) is 0 Å². The van der Waals surface area contributed by atoms with E-state index in [0.29, 0.717) is 5.58 Å². The van der Waals surface area contributed by atoms with Crippen LogP contribution < -0.4 is 5.32 Å². The van der Waals surface area contributed by atoms with E-state index in [-0.39, 0.29) is 17.2 Å². The maximum absolute atomic E-state index is 10.9. The molecule has 0 saturated carbocycles. The van der Waals surface area contributed by atoms with E-state index in [4.69, 9.17) is 4.42 Å². The Kier molecular flexibility index (Phi) is 3.17. The summed E-state index contributed by atoms with van der Waals surface area (Å²) in [6.45, 7) is 6.89. The first-order chi connectivity index (χ1) is 9.12. The van der Waals surface area contributed by atoms with E-state index in [2.05, 4.69) is 10.3 Å². The molecule has 20 heavy (non-hydrogen) atoms. The topological polar surface area (TPSA) is 101 Å². The maximum Gasteiger partial charge on any atom is 0.298 e. The number of hydrogen-bond donors (Lipinski definition) is 2. The molecule has 2 N–H and O–H groups in total. The second-order valence-corrected chi connectivity index (χ2v) is 5.71. The van der Waals surface area contributed by atoms with Crippen molar-refractivity contribution in [3.8, 4) is 0 Å². The van der Waals surface area contributed by atoms with Crippen molar-refractivity contribution in [1.29, 1.82) is 0 Å². The van der Waals surface area contributed by atoms with Gasteiger partial charge in [-0.05, 0) is 33.8 Å². The number of aliphatic hydroxyl groups is 1. The maximum atomic E-state index is 10.9. The van der Waals surface area contributed by atoms with Crippen LogP contribution in [0.1, 0.15) is 27.7 Å². The Balaban J connectivity index is 2.43. The van der Waals surface area contributed by atoms with Crippen molar-refractivity contribution in [1.82, 2.24) is 4.98 Å². The van der Waals surface area contributed by atoms with Gasteiger partial charge in [0, 0.05) is 6.07 Å². The highest BCUT2D eigenvalue weighted by Crippen LogP contribution is 2.30. The zero-order valence-corrected chi connectivity index (χ0v) is 11.8. The zero-order valence-electron chi connectivity index (χ0n) is 11.8. The van der Waals surface area contributed by atoms with Crippen molar-refractivity contribution < 1.29 is 14.4 Å². The summed E-state index contributed by atoms with van der Waals surface area (Å²) in [5.41, 5.74) is -1.34. The number of benzene rings is 1. The lowest BCUT2D eigenvalue weighted by molar-refractivity contribution is -0.383. The summed E-state index contributed by atoms with van der Waals surface area (Å²) >= 11 is 0. The number of hydrogen-bond acceptors (Lipinski definition) is 6. The molecule has 0 aliphatic heterocycles. The summed E-state index contributed by atoms with van der Waals surface area (Å²) in [5.74, 6) is 0. The average molecular weight is 279 g/mol. The minimum absolute atomic E-state index is 0.111. The van der Waals surface area contributed by atoms with Crippen LogP contribution in [0.5, 0.6) is 0 Å². The van der Waals surface area contributed by atoms with E-state index in [1.54, 1.807) is 33.8 Å². The van der Waals surface area contributed by atoms with Crippen molar-refractivity contribution in [2.24, 2.45) is 0 Å². The molecule has 0 fully saturated rings. The molecule has 108 valence electrons. The van der Waals surface area contributed by atoms with Gasteiger partial charge in [-0.15, -0.1) is 0 Å². The van der Waals surface area contributed by atoms with Crippen molar-refractivity contribution >= 4 is 22.8 Å². The van der Waals surface area contributed by atoms with Gasteiger partial charge in [-0.1, -0.05) is 6.07 Å². The fourth-order valence-corrected chi connectivity index (χ4v) is 1.56. The Hall–Kier alpha value is -2.15. The van der Waals surface area contributed by atoms with Crippen LogP contribution in [0.4, 0.5) is 11.7 Å². The first-order valence-electron chi connectivity index (χ1n) is 6.16. The lowest BCUT2D eigenvalue weighted by atomic mass is 9.86. The highest BCUT2D eigenvalue weighted by Gasteiger charge is 2.36. The Morgan fingerprint density at radius 2 is 2.00 bits per heavy atom. The first kappa shape index (κ1) is 14.3. The predicted octanol–water partition coefficient (Wildman–Crippen LogP) is 2.70. The molecule has 1 aromatic carbocycles. The summed E-state index contributed by atoms with van der Waals surface area (Å²) in [6, 6.07) is 4.66. The molecule has 0 atom stereocenters. The van der Waals surface area contributed by atoms with Gasteiger partial charge in [-0.3, -0.25) is 10.1 Å². The Morgan fingerprint density at radius 3 is 2.55 bits per heavy atom. The monoisotopic (exact) mass is 279 g/mol. The van der Waals surface area contributed by atoms with Crippen molar-refractivity contribution in [3.05, 3.63) is 28.3 Å². The number of non-ortho nitro benzene ring substituents is 1. The number of para-hydroxylation sites is 1. The van der Waals surface area contributed by atoms with Crippen LogP contribution in [-0.4, -0.2) is 26.2 Å². The molecule has 1 aromatic heterocycles. The Morgan fingerprint density at radius 1 is 1.35 bits per heavy atom. The largest absolute Gasteiger partial charge is 0.423 e. The number of nitrogens with zero attached hydrogens (tertiary/aromatic N) is 2. The molecule has 0 bridgehead atoms. The lowest BCUT2D eigenvalue weighted by Gasteiger charge is -2.37. The molecular weight excluding hydrogens is 262 g/mol. The SMILES string of the molecule is CC(C)(O)C(C)(C)Nc1nc2c([N+](=O)[O-])cccc2o1. The van der Waals surface area contributed by atoms with E-state index >= 15 is 0 Å². The van der Waals surface area contributed by atoms with E-state index in [1.807, 2.05) is 0 Å². The zero-order chi connectivity index (χ0) is 15.1. The number of fused-ring (bicyclic) bond motifs is 1. The highest BCUT2D eigenvalue weighted by atomic mass is 16.6. The molecule has 0 saturated heterocycles. The highest BCUT2D eigenvalue weighted by molar-refractivity contribution is 5.84. The average Bonchev–Trinajstić information content (AvgIpc) is 2.67. The van der Waals surface area contributed by atoms with Gasteiger partial charge in [0.05, 0.1) is 16.1 Å². The Labute approximate surface area is 115 Å². The third kappa shape index (κ3) is 2.44. The normalized spacial score (nSPS) is 12.7. The summed E-state index contributed by atoms with van der Waals surface area (Å²) in [4.78, 5) is 14.5. The fraction of sp³-hybridized carbons (Fsp3) is 0.462. The van der Waals surface area contributed by atoms with Crippen LogP contribution in [0.25, 0.3) is 11.1 Å². The quantitative estimate of drug-likeness (QED) is 0.659. The van der Waals surface area contributed by atoms with Crippen molar-refractivity contribution in [3.63, 3.8) is 0 Å². The molecule has 7 nitrogen and oxygen atoms in total. The molecule has 0 spiro atoms. The second-order valence-electron chi connectivity index (χ2n) is 5.71. The molecule has 0 aliphatic rings. The fourth-order valence-electron chi connectivity index (χ4n) is 1.56. The van der Waals surface area contributed by atoms with Crippen LogP contribution in [0.3, 0.4) is 0 Å². The van der Waals surface area contributed by atoms with Crippen LogP contribution in [0, 0.1) is 10.1 Å². The van der Waals surface area contributed by atoms with Crippen LogP contribution >= 0.6 is 0 Å². The molecule has 2 aromatic rings. The molecular formula is C13H17N3O4. The number of anilines is 1. The van der Waals surface area contributed by atoms with Gasteiger partial charge in [0.1, 0.15) is 0 Å². The number of nitro benzene ring substituents is 1. The van der Waals surface area contributed by atoms with E-state index in [1.165, 1.54) is 12.1 Å². The van der Waals surface area contributed by atoms with E-state index < -0.39 is 16.1 Å². The number of oxazole rings is 1. The molecule has 7 heteroatoms. The third-order valence-corrected chi connectivity index (χ3v) is 3.54. The standard InChI is InChI=1S/C13H17N3O4/c1-12(2,13(3,4)17)15-11-14-10-8(16(18)19)6-5-7-9(10)20-11/h5-7,17H,1-4H3,(H,14,15). The van der Waals surface area contributed by atoms with E-state index in [0.717, 1.165) is 0 Å². The van der Waals surface area contributed by atoms with Gasteiger partial charge in [-0.2, -0.15) is 4.98 Å². The Bertz CT molecular complexity index is 655. The van der Waals surface area contributed by atoms with E-state index in [9.17, 15) is 15.2 Å². The molecule has 1 heterocycles. The second kappa shape index (κ2) is 4.45. The predicted molar refractivity (Wildman–Crippen MR) is 74.7 cm³/mol. The summed E-state index contributed by atoms with van der Waals surface area (Å²) in [6.07, 6.45) is 0. The molecule has 0 radical (unpaired) electrons. The van der Waals surface area contributed by atoms with Crippen molar-refractivity contribution in [2.75, 3.05) is 5.32 Å². The molecule has 2 rings (SSSR count). The lowest BCUT2D eigenvalue weighted by Crippen LogP contribution is -2.51. The third-order valence-electron chi connectivity index (χ3n) is 3.54. The van der Waals surface area contributed by atoms with Gasteiger partial charge in [0.25, 0.3) is 11.7 Å². The summed E-state index contributed by atoms with van der Waals surface area (Å²) < 4.78 is 5.45. The number of rotatable bonds is 4. The number of nitrogens with one attached hydrogen (secondary N) is 1.